The van der Waals surface area contributed by atoms with Crippen LogP contribution in [0, 0.1) is 5.82 Å². The van der Waals surface area contributed by atoms with Crippen LogP contribution in [0.1, 0.15) is 32.4 Å². The predicted molar refractivity (Wildman–Crippen MR) is 102 cm³/mol. The second-order valence-electron chi connectivity index (χ2n) is 6.72. The SMILES string of the molecule is CN=C(NCC(C)N1CCOCC1C)NC(C)c1ccc(OC)c(F)c1. The quantitative estimate of drug-likeness (QED) is 0.597. The topological polar surface area (TPSA) is 58.1 Å². The summed E-state index contributed by atoms with van der Waals surface area (Å²) in [6.45, 7) is 9.62. The second-order valence-corrected chi connectivity index (χ2v) is 6.72. The second kappa shape index (κ2) is 9.73. The molecule has 3 atom stereocenters. The lowest BCUT2D eigenvalue weighted by Crippen LogP contribution is -2.53. The van der Waals surface area contributed by atoms with Gasteiger partial charge >= 0.3 is 0 Å². The molecule has 0 bridgehead atoms. The number of hydrogen-bond donors (Lipinski definition) is 2. The van der Waals surface area contributed by atoms with Crippen LogP contribution in [0.4, 0.5) is 4.39 Å². The molecule has 1 aliphatic rings. The monoisotopic (exact) mass is 366 g/mol. The number of aliphatic imine (C=N–C) groups is 1. The van der Waals surface area contributed by atoms with Crippen molar-refractivity contribution >= 4 is 5.96 Å². The Kier molecular flexibility index (Phi) is 7.66. The molecule has 0 aromatic heterocycles. The molecule has 3 unspecified atom stereocenters. The maximum Gasteiger partial charge on any atom is 0.191 e. The molecule has 0 aliphatic carbocycles. The van der Waals surface area contributed by atoms with Crippen LogP contribution in [0.15, 0.2) is 23.2 Å². The third-order valence-corrected chi connectivity index (χ3v) is 4.80. The smallest absolute Gasteiger partial charge is 0.191 e. The number of rotatable bonds is 6. The molecular formula is C19H31FN4O2. The highest BCUT2D eigenvalue weighted by Gasteiger charge is 2.23. The zero-order valence-electron chi connectivity index (χ0n) is 16.4. The Labute approximate surface area is 155 Å². The van der Waals surface area contributed by atoms with Crippen molar-refractivity contribution < 1.29 is 13.9 Å². The lowest BCUT2D eigenvalue weighted by molar-refractivity contribution is -0.0174. The summed E-state index contributed by atoms with van der Waals surface area (Å²) in [4.78, 5) is 6.72. The maximum atomic E-state index is 13.9. The van der Waals surface area contributed by atoms with Crippen LogP contribution in [0.5, 0.6) is 5.75 Å². The molecule has 146 valence electrons. The standard InChI is InChI=1S/C19H31FN4O2/c1-13(24-8-9-26-12-14(24)2)11-22-19(21-4)23-15(3)16-6-7-18(25-5)17(20)10-16/h6-7,10,13-15H,8-9,11-12H2,1-5H3,(H2,21,22,23). The Bertz CT molecular complexity index is 611. The van der Waals surface area contributed by atoms with Gasteiger partial charge in [-0.3, -0.25) is 9.89 Å². The summed E-state index contributed by atoms with van der Waals surface area (Å²) in [6, 6.07) is 5.67. The minimum Gasteiger partial charge on any atom is -0.494 e. The van der Waals surface area contributed by atoms with Crippen molar-refractivity contribution in [2.24, 2.45) is 4.99 Å². The van der Waals surface area contributed by atoms with E-state index < -0.39 is 0 Å². The van der Waals surface area contributed by atoms with Crippen molar-refractivity contribution in [2.75, 3.05) is 40.5 Å². The summed E-state index contributed by atoms with van der Waals surface area (Å²) in [5.74, 6) is 0.579. The molecule has 1 heterocycles. The molecule has 1 saturated heterocycles. The highest BCUT2D eigenvalue weighted by Crippen LogP contribution is 2.21. The van der Waals surface area contributed by atoms with E-state index in [1.165, 1.54) is 13.2 Å². The zero-order chi connectivity index (χ0) is 19.1. The molecule has 0 amide bonds. The van der Waals surface area contributed by atoms with Crippen LogP contribution in [-0.2, 0) is 4.74 Å². The first kappa shape index (κ1) is 20.5. The van der Waals surface area contributed by atoms with E-state index in [9.17, 15) is 4.39 Å². The summed E-state index contributed by atoms with van der Waals surface area (Å²) in [5.41, 5.74) is 0.834. The Morgan fingerprint density at radius 1 is 1.46 bits per heavy atom. The van der Waals surface area contributed by atoms with Crippen molar-refractivity contribution in [3.05, 3.63) is 29.6 Å². The third-order valence-electron chi connectivity index (χ3n) is 4.80. The molecule has 1 aliphatic heterocycles. The van der Waals surface area contributed by atoms with Crippen LogP contribution in [0.2, 0.25) is 0 Å². The van der Waals surface area contributed by atoms with E-state index in [1.54, 1.807) is 13.1 Å². The molecule has 1 fully saturated rings. The molecule has 1 aromatic carbocycles. The number of ether oxygens (including phenoxy) is 2. The van der Waals surface area contributed by atoms with Gasteiger partial charge in [0, 0.05) is 32.2 Å². The number of benzene rings is 1. The molecule has 1 aromatic rings. The average molecular weight is 366 g/mol. The first-order chi connectivity index (χ1) is 12.5. The van der Waals surface area contributed by atoms with Gasteiger partial charge < -0.3 is 20.1 Å². The third kappa shape index (κ3) is 5.32. The van der Waals surface area contributed by atoms with Gasteiger partial charge in [-0.05, 0) is 38.5 Å². The average Bonchev–Trinajstić information content (AvgIpc) is 2.64. The minimum atomic E-state index is -0.364. The van der Waals surface area contributed by atoms with Crippen molar-refractivity contribution in [3.63, 3.8) is 0 Å². The highest BCUT2D eigenvalue weighted by atomic mass is 19.1. The van der Waals surface area contributed by atoms with Crippen molar-refractivity contribution in [1.29, 1.82) is 0 Å². The van der Waals surface area contributed by atoms with E-state index in [0.717, 1.165) is 31.9 Å². The Morgan fingerprint density at radius 2 is 2.23 bits per heavy atom. The Morgan fingerprint density at radius 3 is 2.85 bits per heavy atom. The summed E-state index contributed by atoms with van der Waals surface area (Å²) in [6.07, 6.45) is 0. The molecule has 0 radical (unpaired) electrons. The largest absolute Gasteiger partial charge is 0.494 e. The predicted octanol–water partition coefficient (Wildman–Crippen LogP) is 2.17. The first-order valence-corrected chi connectivity index (χ1v) is 9.10. The van der Waals surface area contributed by atoms with Gasteiger partial charge in [-0.15, -0.1) is 0 Å². The van der Waals surface area contributed by atoms with Crippen molar-refractivity contribution in [2.45, 2.75) is 38.9 Å². The molecule has 2 N–H and O–H groups in total. The normalized spacial score (nSPS) is 21.2. The lowest BCUT2D eigenvalue weighted by Gasteiger charge is -2.38. The highest BCUT2D eigenvalue weighted by molar-refractivity contribution is 5.80. The van der Waals surface area contributed by atoms with Gasteiger partial charge in [-0.1, -0.05) is 6.07 Å². The number of guanidine groups is 1. The van der Waals surface area contributed by atoms with E-state index in [1.807, 2.05) is 13.0 Å². The number of morpholine rings is 1. The van der Waals surface area contributed by atoms with E-state index in [2.05, 4.69) is 34.4 Å². The lowest BCUT2D eigenvalue weighted by atomic mass is 10.1. The fourth-order valence-corrected chi connectivity index (χ4v) is 3.19. The summed E-state index contributed by atoms with van der Waals surface area (Å²) in [5, 5.41) is 6.67. The van der Waals surface area contributed by atoms with Gasteiger partial charge in [0.05, 0.1) is 26.4 Å². The van der Waals surface area contributed by atoms with Crippen molar-refractivity contribution in [3.8, 4) is 5.75 Å². The minimum absolute atomic E-state index is 0.0841. The molecular weight excluding hydrogens is 335 g/mol. The van der Waals surface area contributed by atoms with E-state index in [-0.39, 0.29) is 17.6 Å². The first-order valence-electron chi connectivity index (χ1n) is 9.10. The summed E-state index contributed by atoms with van der Waals surface area (Å²) < 4.78 is 24.4. The summed E-state index contributed by atoms with van der Waals surface area (Å²) >= 11 is 0. The van der Waals surface area contributed by atoms with Crippen LogP contribution in [0.25, 0.3) is 0 Å². The van der Waals surface area contributed by atoms with Gasteiger partial charge in [0.25, 0.3) is 0 Å². The molecule has 2 rings (SSSR count). The fourth-order valence-electron chi connectivity index (χ4n) is 3.19. The Hall–Kier alpha value is -1.86. The molecule has 26 heavy (non-hydrogen) atoms. The van der Waals surface area contributed by atoms with E-state index >= 15 is 0 Å². The number of halogens is 1. The van der Waals surface area contributed by atoms with Crippen LogP contribution >= 0.6 is 0 Å². The molecule has 0 spiro atoms. The zero-order valence-corrected chi connectivity index (χ0v) is 16.4. The number of hydrogen-bond acceptors (Lipinski definition) is 4. The number of nitrogens with zero attached hydrogens (tertiary/aromatic N) is 2. The fraction of sp³-hybridized carbons (Fsp3) is 0.632. The van der Waals surface area contributed by atoms with Crippen LogP contribution in [-0.4, -0.2) is 63.4 Å². The van der Waals surface area contributed by atoms with Crippen LogP contribution in [0.3, 0.4) is 0 Å². The van der Waals surface area contributed by atoms with Gasteiger partial charge in [0.15, 0.2) is 17.5 Å². The van der Waals surface area contributed by atoms with E-state index in [4.69, 9.17) is 9.47 Å². The molecule has 6 nitrogen and oxygen atoms in total. The van der Waals surface area contributed by atoms with Gasteiger partial charge in [0.1, 0.15) is 0 Å². The van der Waals surface area contributed by atoms with Crippen LogP contribution < -0.4 is 15.4 Å². The molecule has 7 heteroatoms. The number of methoxy groups -OCH3 is 1. The number of nitrogens with one attached hydrogen (secondary N) is 2. The summed E-state index contributed by atoms with van der Waals surface area (Å²) in [7, 11) is 3.20. The Balaban J connectivity index is 1.89. The maximum absolute atomic E-state index is 13.9. The van der Waals surface area contributed by atoms with E-state index in [0.29, 0.717) is 18.0 Å². The van der Waals surface area contributed by atoms with Gasteiger partial charge in [0.2, 0.25) is 0 Å². The van der Waals surface area contributed by atoms with Crippen molar-refractivity contribution in [1.82, 2.24) is 15.5 Å². The molecule has 0 saturated carbocycles. The van der Waals surface area contributed by atoms with Gasteiger partial charge in [-0.25, -0.2) is 4.39 Å². The van der Waals surface area contributed by atoms with Gasteiger partial charge in [-0.2, -0.15) is 0 Å².